The summed E-state index contributed by atoms with van der Waals surface area (Å²) in [5.74, 6) is -1.76. The van der Waals surface area contributed by atoms with Gasteiger partial charge in [0.25, 0.3) is 0 Å². The van der Waals surface area contributed by atoms with Gasteiger partial charge in [-0.15, -0.1) is 0 Å². The first-order valence-electron chi connectivity index (χ1n) is 9.69. The number of amides is 1. The summed E-state index contributed by atoms with van der Waals surface area (Å²) < 4.78 is 63.6. The number of aryl methyl sites for hydroxylation is 1. The maximum Gasteiger partial charge on any atom is 0.416 e. The monoisotopic (exact) mass is 441 g/mol. The summed E-state index contributed by atoms with van der Waals surface area (Å²) >= 11 is 0. The minimum Gasteiger partial charge on any atom is -0.348 e. The molecule has 0 saturated heterocycles. The Hall–Kier alpha value is -2.35. The Labute approximate surface area is 175 Å². The van der Waals surface area contributed by atoms with Gasteiger partial charge in [-0.1, -0.05) is 56.3 Å². The zero-order chi connectivity index (χ0) is 22.4. The fourth-order valence-corrected chi connectivity index (χ4v) is 4.38. The highest BCUT2D eigenvalue weighted by atomic mass is 32.2. The zero-order valence-corrected chi connectivity index (χ0v) is 17.8. The van der Waals surface area contributed by atoms with Crippen LogP contribution in [-0.4, -0.2) is 25.8 Å². The molecule has 0 aliphatic rings. The summed E-state index contributed by atoms with van der Waals surface area (Å²) in [5.41, 5.74) is 0.490. The fourth-order valence-electron chi connectivity index (χ4n) is 3.17. The number of carbonyl (C=O) groups excluding carboxylic acids is 1. The van der Waals surface area contributed by atoms with Gasteiger partial charge in [-0.3, -0.25) is 4.79 Å². The highest BCUT2D eigenvalue weighted by Crippen LogP contribution is 2.32. The number of hydrogen-bond acceptors (Lipinski definition) is 3. The fraction of sp³-hybridized carbons (Fsp3) is 0.409. The van der Waals surface area contributed by atoms with Gasteiger partial charge in [-0.25, -0.2) is 8.42 Å². The molecule has 2 rings (SSSR count). The normalized spacial score (nSPS) is 13.3. The highest BCUT2D eigenvalue weighted by Gasteiger charge is 2.31. The first kappa shape index (κ1) is 23.9. The Bertz CT molecular complexity index is 942. The average Bonchev–Trinajstić information content (AvgIpc) is 2.65. The van der Waals surface area contributed by atoms with E-state index in [0.717, 1.165) is 17.7 Å². The molecule has 0 aromatic heterocycles. The van der Waals surface area contributed by atoms with E-state index in [1.54, 1.807) is 13.8 Å². The SMILES string of the molecule is CC(C)C(NC(=O)CS(=O)(=O)CCCc1ccccc1)c1cccc(C(F)(F)F)c1. The lowest BCUT2D eigenvalue weighted by Crippen LogP contribution is -2.36. The highest BCUT2D eigenvalue weighted by molar-refractivity contribution is 7.92. The Kier molecular flexibility index (Phi) is 8.06. The van der Waals surface area contributed by atoms with Crippen molar-refractivity contribution in [1.29, 1.82) is 0 Å². The van der Waals surface area contributed by atoms with Crippen molar-refractivity contribution in [2.45, 2.75) is 38.9 Å². The summed E-state index contributed by atoms with van der Waals surface area (Å²) in [6.45, 7) is 3.50. The van der Waals surface area contributed by atoms with Crippen molar-refractivity contribution in [2.75, 3.05) is 11.5 Å². The summed E-state index contributed by atoms with van der Waals surface area (Å²) in [5, 5.41) is 2.59. The molecule has 1 amide bonds. The smallest absolute Gasteiger partial charge is 0.348 e. The molecular formula is C22H26F3NO3S. The van der Waals surface area contributed by atoms with Crippen LogP contribution in [0, 0.1) is 5.92 Å². The summed E-state index contributed by atoms with van der Waals surface area (Å²) in [7, 11) is -3.63. The van der Waals surface area contributed by atoms with E-state index in [4.69, 9.17) is 0 Å². The molecule has 0 radical (unpaired) electrons. The number of carbonyl (C=O) groups is 1. The van der Waals surface area contributed by atoms with Crippen molar-refractivity contribution >= 4 is 15.7 Å². The van der Waals surface area contributed by atoms with Gasteiger partial charge < -0.3 is 5.32 Å². The number of alkyl halides is 3. The lowest BCUT2D eigenvalue weighted by Gasteiger charge is -2.24. The van der Waals surface area contributed by atoms with E-state index in [1.165, 1.54) is 12.1 Å². The lowest BCUT2D eigenvalue weighted by molar-refractivity contribution is -0.137. The molecule has 1 N–H and O–H groups in total. The van der Waals surface area contributed by atoms with Crippen molar-refractivity contribution in [2.24, 2.45) is 5.92 Å². The van der Waals surface area contributed by atoms with E-state index in [1.807, 2.05) is 30.3 Å². The molecule has 0 heterocycles. The van der Waals surface area contributed by atoms with Crippen molar-refractivity contribution in [3.8, 4) is 0 Å². The Morgan fingerprint density at radius 2 is 1.70 bits per heavy atom. The molecule has 1 unspecified atom stereocenters. The second kappa shape index (κ2) is 10.1. The van der Waals surface area contributed by atoms with Crippen molar-refractivity contribution < 1.29 is 26.4 Å². The summed E-state index contributed by atoms with van der Waals surface area (Å²) in [6.07, 6.45) is -3.52. The van der Waals surface area contributed by atoms with Crippen LogP contribution in [0.1, 0.15) is 43.0 Å². The third-order valence-electron chi connectivity index (χ3n) is 4.67. The van der Waals surface area contributed by atoms with Crippen molar-refractivity contribution in [3.05, 3.63) is 71.3 Å². The van der Waals surface area contributed by atoms with Crippen LogP contribution in [0.5, 0.6) is 0 Å². The minimum absolute atomic E-state index is 0.134. The van der Waals surface area contributed by atoms with E-state index in [0.29, 0.717) is 12.8 Å². The number of nitrogens with one attached hydrogen (secondary N) is 1. The van der Waals surface area contributed by atoms with Gasteiger partial charge in [0.2, 0.25) is 5.91 Å². The molecule has 0 bridgehead atoms. The molecule has 8 heteroatoms. The number of hydrogen-bond donors (Lipinski definition) is 1. The molecule has 164 valence electrons. The Balaban J connectivity index is 1.99. The van der Waals surface area contributed by atoms with Gasteiger partial charge in [-0.05, 0) is 42.0 Å². The second-order valence-electron chi connectivity index (χ2n) is 7.59. The van der Waals surface area contributed by atoms with Crippen LogP contribution in [0.25, 0.3) is 0 Å². The van der Waals surface area contributed by atoms with Gasteiger partial charge >= 0.3 is 6.18 Å². The summed E-state index contributed by atoms with van der Waals surface area (Å²) in [6, 6.07) is 13.4. The second-order valence-corrected chi connectivity index (χ2v) is 9.78. The van der Waals surface area contributed by atoms with E-state index in [-0.39, 0.29) is 17.2 Å². The van der Waals surface area contributed by atoms with E-state index in [2.05, 4.69) is 5.32 Å². The van der Waals surface area contributed by atoms with Crippen molar-refractivity contribution in [3.63, 3.8) is 0 Å². The van der Waals surface area contributed by atoms with Crippen molar-refractivity contribution in [1.82, 2.24) is 5.32 Å². The Morgan fingerprint density at radius 3 is 2.30 bits per heavy atom. The molecule has 0 aliphatic carbocycles. The van der Waals surface area contributed by atoms with Crippen LogP contribution in [0.3, 0.4) is 0 Å². The standard InChI is InChI=1S/C22H26F3NO3S/c1-16(2)21(18-11-6-12-19(14-18)22(23,24)25)26-20(27)15-30(28,29)13-7-10-17-8-4-3-5-9-17/h3-6,8-9,11-12,14,16,21H,7,10,13,15H2,1-2H3,(H,26,27). The minimum atomic E-state index is -4.50. The quantitative estimate of drug-likeness (QED) is 0.620. The van der Waals surface area contributed by atoms with Crippen LogP contribution in [0.2, 0.25) is 0 Å². The molecule has 0 spiro atoms. The van der Waals surface area contributed by atoms with Crippen LogP contribution >= 0.6 is 0 Å². The predicted octanol–water partition coefficient (Wildman–Crippen LogP) is 4.57. The van der Waals surface area contributed by atoms with Crippen LogP contribution < -0.4 is 5.32 Å². The third kappa shape index (κ3) is 7.48. The molecule has 2 aromatic carbocycles. The lowest BCUT2D eigenvalue weighted by atomic mass is 9.94. The van der Waals surface area contributed by atoms with Gasteiger partial charge in [0, 0.05) is 0 Å². The van der Waals surface area contributed by atoms with E-state index in [9.17, 15) is 26.4 Å². The maximum atomic E-state index is 13.0. The van der Waals surface area contributed by atoms with Gasteiger partial charge in [0.05, 0.1) is 17.4 Å². The van der Waals surface area contributed by atoms with E-state index >= 15 is 0 Å². The van der Waals surface area contributed by atoms with Gasteiger partial charge in [-0.2, -0.15) is 13.2 Å². The number of sulfone groups is 1. The largest absolute Gasteiger partial charge is 0.416 e. The third-order valence-corrected chi connectivity index (χ3v) is 6.28. The molecule has 30 heavy (non-hydrogen) atoms. The average molecular weight is 442 g/mol. The van der Waals surface area contributed by atoms with Crippen LogP contribution in [0.15, 0.2) is 54.6 Å². The number of halogens is 3. The molecule has 0 aliphatic heterocycles. The zero-order valence-electron chi connectivity index (χ0n) is 16.9. The molecule has 0 fully saturated rings. The van der Waals surface area contributed by atoms with Crippen LogP contribution in [0.4, 0.5) is 13.2 Å². The molecule has 4 nitrogen and oxygen atoms in total. The predicted molar refractivity (Wildman–Crippen MR) is 111 cm³/mol. The number of benzene rings is 2. The van der Waals surface area contributed by atoms with E-state index < -0.39 is 39.3 Å². The molecule has 2 aromatic rings. The first-order chi connectivity index (χ1) is 14.0. The summed E-state index contributed by atoms with van der Waals surface area (Å²) in [4.78, 5) is 12.3. The first-order valence-corrected chi connectivity index (χ1v) is 11.5. The maximum absolute atomic E-state index is 13.0. The Morgan fingerprint density at radius 1 is 1.03 bits per heavy atom. The van der Waals surface area contributed by atoms with Gasteiger partial charge in [0.15, 0.2) is 9.84 Å². The molecular weight excluding hydrogens is 415 g/mol. The topological polar surface area (TPSA) is 63.2 Å². The molecule has 1 atom stereocenters. The number of rotatable bonds is 9. The molecule has 0 saturated carbocycles. The van der Waals surface area contributed by atoms with Gasteiger partial charge in [0.1, 0.15) is 5.75 Å². The van der Waals surface area contributed by atoms with Crippen LogP contribution in [-0.2, 0) is 27.2 Å².